The first kappa shape index (κ1) is 14.2. The second-order valence-electron chi connectivity index (χ2n) is 4.13. The summed E-state index contributed by atoms with van der Waals surface area (Å²) >= 11 is 0. The average molecular weight is 284 g/mol. The van der Waals surface area contributed by atoms with Gasteiger partial charge in [-0.25, -0.2) is 4.79 Å². The molecule has 0 aliphatic carbocycles. The summed E-state index contributed by atoms with van der Waals surface area (Å²) in [4.78, 5) is 11.0. The van der Waals surface area contributed by atoms with Crippen molar-refractivity contribution in [1.29, 1.82) is 5.26 Å². The monoisotopic (exact) mass is 284 g/mol. The van der Waals surface area contributed by atoms with Crippen molar-refractivity contribution in [2.45, 2.75) is 0 Å². The summed E-state index contributed by atoms with van der Waals surface area (Å²) in [7, 11) is 1.47. The standard InChI is InChI=1S/C15H12N2O4/c1-20-10-5-9(8-16)6-11(7-10)21-13-4-2-3-12(14(13)17)15(18)19/h2-7H,17H2,1H3,(H,18,19). The molecule has 106 valence electrons. The van der Waals surface area contributed by atoms with Crippen LogP contribution in [0.2, 0.25) is 0 Å². The zero-order valence-electron chi connectivity index (χ0n) is 11.2. The number of rotatable bonds is 4. The van der Waals surface area contributed by atoms with Crippen LogP contribution in [0.3, 0.4) is 0 Å². The van der Waals surface area contributed by atoms with Crippen LogP contribution in [0.15, 0.2) is 36.4 Å². The molecule has 0 aliphatic heterocycles. The van der Waals surface area contributed by atoms with E-state index < -0.39 is 5.97 Å². The number of nitrogens with two attached hydrogens (primary N) is 1. The molecule has 2 rings (SSSR count). The van der Waals surface area contributed by atoms with Gasteiger partial charge in [0.25, 0.3) is 0 Å². The summed E-state index contributed by atoms with van der Waals surface area (Å²) in [5, 5.41) is 18.0. The van der Waals surface area contributed by atoms with Gasteiger partial charge in [-0.2, -0.15) is 5.26 Å². The van der Waals surface area contributed by atoms with Crippen LogP contribution < -0.4 is 15.2 Å². The number of methoxy groups -OCH3 is 1. The highest BCUT2D eigenvalue weighted by Gasteiger charge is 2.13. The second-order valence-corrected chi connectivity index (χ2v) is 4.13. The van der Waals surface area contributed by atoms with Crippen LogP contribution in [-0.2, 0) is 0 Å². The van der Waals surface area contributed by atoms with Gasteiger partial charge < -0.3 is 20.3 Å². The molecule has 6 heteroatoms. The van der Waals surface area contributed by atoms with Gasteiger partial charge in [0.2, 0.25) is 0 Å². The molecular weight excluding hydrogens is 272 g/mol. The third-order valence-electron chi connectivity index (χ3n) is 2.77. The fraction of sp³-hybridized carbons (Fsp3) is 0.0667. The van der Waals surface area contributed by atoms with Crippen LogP contribution in [0.5, 0.6) is 17.2 Å². The van der Waals surface area contributed by atoms with E-state index in [4.69, 9.17) is 25.6 Å². The zero-order chi connectivity index (χ0) is 15.4. The van der Waals surface area contributed by atoms with Gasteiger partial charge in [0, 0.05) is 6.07 Å². The SMILES string of the molecule is COc1cc(C#N)cc(Oc2cccc(C(=O)O)c2N)c1. The first-order valence-electron chi connectivity index (χ1n) is 5.94. The molecule has 3 N–H and O–H groups in total. The minimum Gasteiger partial charge on any atom is -0.497 e. The Bertz CT molecular complexity index is 735. The topological polar surface area (TPSA) is 106 Å². The summed E-state index contributed by atoms with van der Waals surface area (Å²) in [5.41, 5.74) is 6.10. The molecule has 2 aromatic rings. The smallest absolute Gasteiger partial charge is 0.337 e. The fourth-order valence-corrected chi connectivity index (χ4v) is 1.76. The molecule has 0 unspecified atom stereocenters. The van der Waals surface area contributed by atoms with Crippen molar-refractivity contribution in [3.05, 3.63) is 47.5 Å². The number of carbonyl (C=O) groups is 1. The van der Waals surface area contributed by atoms with Crippen molar-refractivity contribution in [3.63, 3.8) is 0 Å². The number of nitriles is 1. The van der Waals surface area contributed by atoms with Crippen LogP contribution >= 0.6 is 0 Å². The number of carboxylic acid groups (broad SMARTS) is 1. The van der Waals surface area contributed by atoms with Crippen LogP contribution in [0.4, 0.5) is 5.69 Å². The summed E-state index contributed by atoms with van der Waals surface area (Å²) in [5.74, 6) is -0.148. The molecule has 0 fully saturated rings. The van der Waals surface area contributed by atoms with Crippen LogP contribution in [0, 0.1) is 11.3 Å². The normalized spacial score (nSPS) is 9.71. The maximum absolute atomic E-state index is 11.0. The highest BCUT2D eigenvalue weighted by molar-refractivity contribution is 5.95. The Kier molecular flexibility index (Phi) is 3.95. The van der Waals surface area contributed by atoms with Crippen LogP contribution in [0.25, 0.3) is 0 Å². The number of ether oxygens (including phenoxy) is 2. The van der Waals surface area contributed by atoms with Crippen LogP contribution in [0.1, 0.15) is 15.9 Å². The Morgan fingerprint density at radius 3 is 2.62 bits per heavy atom. The Morgan fingerprint density at radius 2 is 2.00 bits per heavy atom. The lowest BCUT2D eigenvalue weighted by atomic mass is 10.1. The number of hydrogen-bond donors (Lipinski definition) is 2. The molecule has 2 aromatic carbocycles. The average Bonchev–Trinajstić information content (AvgIpc) is 2.48. The van der Waals surface area contributed by atoms with E-state index in [1.807, 2.05) is 6.07 Å². The van der Waals surface area contributed by atoms with E-state index in [1.165, 1.54) is 25.3 Å². The second kappa shape index (κ2) is 5.84. The number of benzene rings is 2. The third-order valence-corrected chi connectivity index (χ3v) is 2.77. The molecule has 0 heterocycles. The van der Waals surface area contributed by atoms with Crippen molar-refractivity contribution < 1.29 is 19.4 Å². The van der Waals surface area contributed by atoms with E-state index in [2.05, 4.69) is 0 Å². The van der Waals surface area contributed by atoms with E-state index in [0.29, 0.717) is 17.1 Å². The summed E-state index contributed by atoms with van der Waals surface area (Å²) in [6, 6.07) is 11.1. The van der Waals surface area contributed by atoms with Crippen molar-refractivity contribution in [1.82, 2.24) is 0 Å². The van der Waals surface area contributed by atoms with Gasteiger partial charge in [0.05, 0.1) is 30.0 Å². The molecule has 6 nitrogen and oxygen atoms in total. The molecule has 0 aromatic heterocycles. The molecule has 0 bridgehead atoms. The fourth-order valence-electron chi connectivity index (χ4n) is 1.76. The minimum absolute atomic E-state index is 0.0197. The molecule has 21 heavy (non-hydrogen) atoms. The Balaban J connectivity index is 2.41. The Morgan fingerprint density at radius 1 is 1.29 bits per heavy atom. The van der Waals surface area contributed by atoms with Gasteiger partial charge in [-0.1, -0.05) is 6.07 Å². The van der Waals surface area contributed by atoms with E-state index >= 15 is 0 Å². The predicted molar refractivity (Wildman–Crippen MR) is 75.6 cm³/mol. The predicted octanol–water partition coefficient (Wildman–Crippen LogP) is 2.64. The molecule has 0 saturated heterocycles. The van der Waals surface area contributed by atoms with Gasteiger partial charge >= 0.3 is 5.97 Å². The molecule has 0 spiro atoms. The first-order chi connectivity index (χ1) is 10.0. The lowest BCUT2D eigenvalue weighted by molar-refractivity contribution is 0.0697. The summed E-state index contributed by atoms with van der Waals surface area (Å²) < 4.78 is 10.6. The number of aromatic carboxylic acids is 1. The van der Waals surface area contributed by atoms with Gasteiger partial charge in [-0.05, 0) is 24.3 Å². The van der Waals surface area contributed by atoms with Crippen molar-refractivity contribution in [3.8, 4) is 23.3 Å². The van der Waals surface area contributed by atoms with E-state index in [1.54, 1.807) is 18.2 Å². The van der Waals surface area contributed by atoms with Gasteiger partial charge in [0.1, 0.15) is 11.5 Å². The highest BCUT2D eigenvalue weighted by Crippen LogP contribution is 2.32. The highest BCUT2D eigenvalue weighted by atomic mass is 16.5. The Hall–Kier alpha value is -3.20. The van der Waals surface area contributed by atoms with Crippen molar-refractivity contribution in [2.24, 2.45) is 0 Å². The van der Waals surface area contributed by atoms with E-state index in [9.17, 15) is 4.79 Å². The maximum atomic E-state index is 11.0. The molecule has 0 aliphatic rings. The molecule has 0 radical (unpaired) electrons. The van der Waals surface area contributed by atoms with Gasteiger partial charge in [-0.3, -0.25) is 0 Å². The van der Waals surface area contributed by atoms with Gasteiger partial charge in [0.15, 0.2) is 5.75 Å². The summed E-state index contributed by atoms with van der Waals surface area (Å²) in [6.07, 6.45) is 0. The minimum atomic E-state index is -1.14. The largest absolute Gasteiger partial charge is 0.497 e. The molecule has 0 saturated carbocycles. The van der Waals surface area contributed by atoms with Crippen molar-refractivity contribution in [2.75, 3.05) is 12.8 Å². The van der Waals surface area contributed by atoms with Crippen molar-refractivity contribution >= 4 is 11.7 Å². The number of carboxylic acids is 1. The number of nitrogens with zero attached hydrogens (tertiary/aromatic N) is 1. The molecule has 0 atom stereocenters. The molecular formula is C15H12N2O4. The lowest BCUT2D eigenvalue weighted by Gasteiger charge is -2.11. The molecule has 0 amide bonds. The Labute approximate surface area is 120 Å². The number of hydrogen-bond acceptors (Lipinski definition) is 5. The van der Waals surface area contributed by atoms with E-state index in [0.717, 1.165) is 0 Å². The maximum Gasteiger partial charge on any atom is 0.337 e. The lowest BCUT2D eigenvalue weighted by Crippen LogP contribution is -2.03. The first-order valence-corrected chi connectivity index (χ1v) is 5.94. The quantitative estimate of drug-likeness (QED) is 0.836. The van der Waals surface area contributed by atoms with E-state index in [-0.39, 0.29) is 17.0 Å². The number of anilines is 1. The zero-order valence-corrected chi connectivity index (χ0v) is 11.2. The number of para-hydroxylation sites is 1. The van der Waals surface area contributed by atoms with Crippen LogP contribution in [-0.4, -0.2) is 18.2 Å². The van der Waals surface area contributed by atoms with Gasteiger partial charge in [-0.15, -0.1) is 0 Å². The summed E-state index contributed by atoms with van der Waals surface area (Å²) in [6.45, 7) is 0. The third kappa shape index (κ3) is 3.04. The number of nitrogen functional groups attached to an aromatic ring is 1.